The molecule has 0 spiro atoms. The molecule has 1 aliphatic rings. The molecular formula is C21H29N4O4+. The van der Waals surface area contributed by atoms with E-state index < -0.39 is 11.2 Å². The molecule has 29 heavy (non-hydrogen) atoms. The number of rotatable bonds is 6. The number of nitrogens with zero attached hydrogens (tertiary/aromatic N) is 2. The van der Waals surface area contributed by atoms with E-state index in [4.69, 9.17) is 10.5 Å². The number of nitrogens with one attached hydrogen (secondary N) is 1. The number of carbonyl (C=O) groups excluding carboxylic acids is 1. The number of hydrogen-bond acceptors (Lipinski definition) is 5. The number of carbonyl (C=O) groups is 1. The van der Waals surface area contributed by atoms with E-state index in [2.05, 4.69) is 0 Å². The van der Waals surface area contributed by atoms with Crippen molar-refractivity contribution in [2.24, 2.45) is 0 Å². The van der Waals surface area contributed by atoms with Gasteiger partial charge in [-0.1, -0.05) is 30.3 Å². The van der Waals surface area contributed by atoms with E-state index in [0.717, 1.165) is 15.0 Å². The van der Waals surface area contributed by atoms with E-state index in [0.29, 0.717) is 13.1 Å². The minimum atomic E-state index is -0.613. The maximum Gasteiger partial charge on any atom is 0.332 e. The summed E-state index contributed by atoms with van der Waals surface area (Å²) in [6, 6.07) is 9.35. The molecule has 1 aliphatic heterocycles. The summed E-state index contributed by atoms with van der Waals surface area (Å²) in [7, 11) is 0. The summed E-state index contributed by atoms with van der Waals surface area (Å²) < 4.78 is 8.11. The van der Waals surface area contributed by atoms with Crippen molar-refractivity contribution in [1.82, 2.24) is 9.13 Å². The van der Waals surface area contributed by atoms with E-state index in [1.54, 1.807) is 6.92 Å². The number of hydrogen-bond donors (Lipinski definition) is 2. The molecular weight excluding hydrogens is 372 g/mol. The highest BCUT2D eigenvalue weighted by Gasteiger charge is 2.30. The first kappa shape index (κ1) is 21.0. The van der Waals surface area contributed by atoms with Crippen molar-refractivity contribution in [2.45, 2.75) is 46.1 Å². The van der Waals surface area contributed by atoms with Gasteiger partial charge < -0.3 is 15.4 Å². The Labute approximate surface area is 169 Å². The Balaban J connectivity index is 1.99. The van der Waals surface area contributed by atoms with Gasteiger partial charge in [-0.15, -0.1) is 0 Å². The Morgan fingerprint density at radius 2 is 1.76 bits per heavy atom. The summed E-state index contributed by atoms with van der Waals surface area (Å²) in [5.41, 5.74) is 5.86. The summed E-state index contributed by atoms with van der Waals surface area (Å²) >= 11 is 0. The molecule has 8 nitrogen and oxygen atoms in total. The smallest absolute Gasteiger partial charge is 0.332 e. The summed E-state index contributed by atoms with van der Waals surface area (Å²) in [5, 5.41) is 0. The van der Waals surface area contributed by atoms with Crippen molar-refractivity contribution in [1.29, 1.82) is 0 Å². The first-order chi connectivity index (χ1) is 13.8. The number of aromatic nitrogens is 2. The summed E-state index contributed by atoms with van der Waals surface area (Å²) in [6.07, 6.45) is 0.0801. The number of nitrogens with two attached hydrogens (primary N) is 1. The molecule has 2 aromatic rings. The topological polar surface area (TPSA) is 101 Å². The van der Waals surface area contributed by atoms with Gasteiger partial charge in [0, 0.05) is 6.54 Å². The van der Waals surface area contributed by atoms with Gasteiger partial charge in [0.05, 0.1) is 6.54 Å². The average molecular weight is 401 g/mol. The van der Waals surface area contributed by atoms with Gasteiger partial charge in [-0.3, -0.25) is 18.7 Å². The Kier molecular flexibility index (Phi) is 6.34. The Hall–Kier alpha value is -2.71. The molecule has 0 bridgehead atoms. The lowest BCUT2D eigenvalue weighted by Gasteiger charge is -2.32. The van der Waals surface area contributed by atoms with Gasteiger partial charge in [0.1, 0.15) is 43.2 Å². The third-order valence-electron chi connectivity index (χ3n) is 5.27. The number of quaternary nitrogens is 1. The molecule has 0 radical (unpaired) electrons. The van der Waals surface area contributed by atoms with Crippen LogP contribution in [0.4, 0.5) is 5.82 Å². The van der Waals surface area contributed by atoms with Crippen molar-refractivity contribution in [3.05, 3.63) is 62.3 Å². The van der Waals surface area contributed by atoms with Crippen LogP contribution in [0.1, 0.15) is 36.7 Å². The van der Waals surface area contributed by atoms with Gasteiger partial charge >= 0.3 is 5.69 Å². The second kappa shape index (κ2) is 8.75. The molecule has 3 rings (SSSR count). The van der Waals surface area contributed by atoms with Crippen molar-refractivity contribution in [3.63, 3.8) is 0 Å². The van der Waals surface area contributed by atoms with E-state index >= 15 is 0 Å². The van der Waals surface area contributed by atoms with Crippen LogP contribution >= 0.6 is 0 Å². The van der Waals surface area contributed by atoms with Crippen LogP contribution in [-0.2, 0) is 17.8 Å². The van der Waals surface area contributed by atoms with Gasteiger partial charge in [-0.25, -0.2) is 4.79 Å². The quantitative estimate of drug-likeness (QED) is 0.638. The number of Topliss-reactive ketones (excluding diaryl/α,β-unsaturated/α-hetero) is 1. The van der Waals surface area contributed by atoms with Crippen molar-refractivity contribution >= 4 is 11.6 Å². The van der Waals surface area contributed by atoms with Crippen molar-refractivity contribution in [3.8, 4) is 0 Å². The van der Waals surface area contributed by atoms with E-state index in [1.807, 2.05) is 44.2 Å². The van der Waals surface area contributed by atoms with Crippen LogP contribution in [0.25, 0.3) is 0 Å². The molecule has 0 saturated carbocycles. The van der Waals surface area contributed by atoms with Gasteiger partial charge in [-0.05, 0) is 26.3 Å². The van der Waals surface area contributed by atoms with Crippen LogP contribution < -0.4 is 21.9 Å². The molecule has 1 aromatic heterocycles. The number of nitrogen functional groups attached to an aromatic ring is 1. The largest absolute Gasteiger partial charge is 0.384 e. The molecule has 2 atom stereocenters. The Bertz CT molecular complexity index is 986. The fraction of sp³-hybridized carbons (Fsp3) is 0.476. The summed E-state index contributed by atoms with van der Waals surface area (Å²) in [5.74, 6) is -0.403. The summed E-state index contributed by atoms with van der Waals surface area (Å²) in [4.78, 5) is 39.8. The van der Waals surface area contributed by atoms with E-state index in [9.17, 15) is 14.4 Å². The molecule has 0 unspecified atom stereocenters. The first-order valence-electron chi connectivity index (χ1n) is 10.0. The third kappa shape index (κ3) is 4.49. The highest BCUT2D eigenvalue weighted by atomic mass is 16.5. The van der Waals surface area contributed by atoms with Gasteiger partial charge in [0.25, 0.3) is 5.56 Å². The predicted octanol–water partition coefficient (Wildman–Crippen LogP) is -0.465. The zero-order valence-electron chi connectivity index (χ0n) is 17.2. The molecule has 156 valence electrons. The maximum absolute atomic E-state index is 13.1. The third-order valence-corrected chi connectivity index (χ3v) is 5.27. The van der Waals surface area contributed by atoms with Crippen LogP contribution in [0, 0.1) is 0 Å². The highest BCUT2D eigenvalue weighted by molar-refractivity contribution is 6.00. The Morgan fingerprint density at radius 1 is 1.14 bits per heavy atom. The van der Waals surface area contributed by atoms with E-state index in [-0.39, 0.29) is 49.0 Å². The van der Waals surface area contributed by atoms with Gasteiger partial charge in [0.2, 0.25) is 5.78 Å². The monoisotopic (exact) mass is 401 g/mol. The number of ketones is 1. The maximum atomic E-state index is 13.1. The van der Waals surface area contributed by atoms with Crippen LogP contribution in [0.15, 0.2) is 39.9 Å². The fourth-order valence-electron chi connectivity index (χ4n) is 4.02. The number of ether oxygens (including phenoxy) is 1. The molecule has 1 aromatic carbocycles. The van der Waals surface area contributed by atoms with E-state index in [1.165, 1.54) is 4.57 Å². The molecule has 1 saturated heterocycles. The normalized spacial score (nSPS) is 21.8. The van der Waals surface area contributed by atoms with Crippen molar-refractivity contribution < 1.29 is 14.4 Å². The molecule has 3 N–H and O–H groups in total. The van der Waals surface area contributed by atoms with Crippen LogP contribution in [0.2, 0.25) is 0 Å². The first-order valence-corrected chi connectivity index (χ1v) is 10.0. The van der Waals surface area contributed by atoms with Gasteiger partial charge in [0.15, 0.2) is 0 Å². The molecule has 8 heteroatoms. The zero-order valence-corrected chi connectivity index (χ0v) is 17.2. The van der Waals surface area contributed by atoms with Gasteiger partial charge in [-0.2, -0.15) is 0 Å². The minimum Gasteiger partial charge on any atom is -0.384 e. The number of anilines is 1. The predicted molar refractivity (Wildman–Crippen MR) is 110 cm³/mol. The fourth-order valence-corrected chi connectivity index (χ4v) is 4.02. The van der Waals surface area contributed by atoms with Crippen LogP contribution in [-0.4, -0.2) is 46.8 Å². The lowest BCUT2D eigenvalue weighted by Crippen LogP contribution is -3.16. The summed E-state index contributed by atoms with van der Waals surface area (Å²) in [6.45, 7) is 7.53. The number of benzene rings is 1. The standard InChI is InChI=1S/C21H28N4O4/c1-4-24-20(27)18(17(26)13-23-10-14(2)29-15(3)11-23)19(22)25(21(24)28)12-16-8-6-5-7-9-16/h5-9,14-15H,4,10-13,22H2,1-3H3/p+1/t14-,15-/m0/s1. The van der Waals surface area contributed by atoms with Crippen LogP contribution in [0.5, 0.6) is 0 Å². The molecule has 1 fully saturated rings. The molecule has 2 heterocycles. The highest BCUT2D eigenvalue weighted by Crippen LogP contribution is 2.09. The lowest BCUT2D eigenvalue weighted by atomic mass is 10.1. The zero-order chi connectivity index (χ0) is 21.1. The molecule has 0 aliphatic carbocycles. The Morgan fingerprint density at radius 3 is 2.34 bits per heavy atom. The lowest BCUT2D eigenvalue weighted by molar-refractivity contribution is -0.906. The molecule has 0 amide bonds. The average Bonchev–Trinajstić information content (AvgIpc) is 2.65. The number of morpholine rings is 1. The second-order valence-corrected chi connectivity index (χ2v) is 7.68. The second-order valence-electron chi connectivity index (χ2n) is 7.68. The van der Waals surface area contributed by atoms with Crippen molar-refractivity contribution in [2.75, 3.05) is 25.4 Å². The van der Waals surface area contributed by atoms with Crippen LogP contribution in [0.3, 0.4) is 0 Å². The minimum absolute atomic E-state index is 0.0400. The SMILES string of the molecule is CCn1c(=O)c(C(=O)C[NH+]2C[C@H](C)O[C@@H](C)C2)c(N)n(Cc2ccccc2)c1=O.